The predicted octanol–water partition coefficient (Wildman–Crippen LogP) is 3.68. The van der Waals surface area contributed by atoms with E-state index in [0.29, 0.717) is 20.9 Å². The lowest BCUT2D eigenvalue weighted by Crippen LogP contribution is -2.23. The Morgan fingerprint density at radius 2 is 2.05 bits per heavy atom. The van der Waals surface area contributed by atoms with E-state index in [1.165, 1.54) is 11.8 Å². The van der Waals surface area contributed by atoms with Gasteiger partial charge in [0.05, 0.1) is 22.0 Å². The topological polar surface area (TPSA) is 72.7 Å². The van der Waals surface area contributed by atoms with Crippen LogP contribution in [0.3, 0.4) is 0 Å². The predicted molar refractivity (Wildman–Crippen MR) is 88.6 cm³/mol. The molecule has 1 N–H and O–H groups in total. The summed E-state index contributed by atoms with van der Waals surface area (Å²) >= 11 is 13.2. The lowest BCUT2D eigenvalue weighted by atomic mass is 10.3. The van der Waals surface area contributed by atoms with Crippen LogP contribution in [0.5, 0.6) is 0 Å². The van der Waals surface area contributed by atoms with Crippen LogP contribution in [0.15, 0.2) is 23.4 Å². The summed E-state index contributed by atoms with van der Waals surface area (Å²) in [4.78, 5) is 12.3. The van der Waals surface area contributed by atoms with E-state index >= 15 is 0 Å². The van der Waals surface area contributed by atoms with Crippen molar-refractivity contribution in [1.29, 1.82) is 0 Å². The fourth-order valence-corrected chi connectivity index (χ4v) is 2.88. The number of benzene rings is 1. The number of amides is 1. The van der Waals surface area contributed by atoms with Gasteiger partial charge < -0.3 is 5.32 Å². The summed E-state index contributed by atoms with van der Waals surface area (Å²) in [7, 11) is 0. The number of nitrogens with one attached hydrogen (secondary N) is 1. The van der Waals surface area contributed by atoms with Crippen LogP contribution in [0.2, 0.25) is 10.0 Å². The van der Waals surface area contributed by atoms with Gasteiger partial charge in [-0.05, 0) is 49.4 Å². The van der Waals surface area contributed by atoms with Crippen molar-refractivity contribution in [2.75, 3.05) is 5.32 Å². The van der Waals surface area contributed by atoms with Gasteiger partial charge in [-0.15, -0.1) is 5.10 Å². The quantitative estimate of drug-likeness (QED) is 0.824. The second kappa shape index (κ2) is 7.30. The summed E-state index contributed by atoms with van der Waals surface area (Å²) in [6.45, 7) is 5.71. The second-order valence-electron chi connectivity index (χ2n) is 4.87. The number of hydrogen-bond donors (Lipinski definition) is 1. The molecule has 2 aromatic rings. The van der Waals surface area contributed by atoms with Gasteiger partial charge >= 0.3 is 0 Å². The van der Waals surface area contributed by atoms with Crippen LogP contribution >= 0.6 is 35.0 Å². The molecule has 1 atom stereocenters. The zero-order valence-electron chi connectivity index (χ0n) is 12.2. The van der Waals surface area contributed by atoms with Crippen molar-refractivity contribution in [1.82, 2.24) is 20.2 Å². The largest absolute Gasteiger partial charge is 0.324 e. The van der Waals surface area contributed by atoms with E-state index in [0.717, 1.165) is 0 Å². The first kappa shape index (κ1) is 17.1. The van der Waals surface area contributed by atoms with Gasteiger partial charge in [0.1, 0.15) is 0 Å². The molecule has 0 bridgehead atoms. The fourth-order valence-electron chi connectivity index (χ4n) is 1.63. The highest BCUT2D eigenvalue weighted by molar-refractivity contribution is 8.00. The minimum atomic E-state index is -0.390. The van der Waals surface area contributed by atoms with Crippen molar-refractivity contribution in [3.8, 4) is 0 Å². The maximum atomic E-state index is 12.3. The maximum absolute atomic E-state index is 12.3. The van der Waals surface area contributed by atoms with Crippen molar-refractivity contribution < 1.29 is 4.79 Å². The third kappa shape index (κ3) is 4.12. The molecule has 118 valence electrons. The van der Waals surface area contributed by atoms with Gasteiger partial charge in [-0.1, -0.05) is 35.0 Å². The molecular weight excluding hydrogens is 345 g/mol. The van der Waals surface area contributed by atoms with E-state index in [2.05, 4.69) is 20.8 Å². The minimum Gasteiger partial charge on any atom is -0.324 e. The minimum absolute atomic E-state index is 0.120. The Morgan fingerprint density at radius 1 is 1.32 bits per heavy atom. The number of tetrazole rings is 1. The van der Waals surface area contributed by atoms with Crippen molar-refractivity contribution >= 4 is 46.6 Å². The third-order valence-electron chi connectivity index (χ3n) is 2.79. The summed E-state index contributed by atoms with van der Waals surface area (Å²) in [5.74, 6) is -0.201. The van der Waals surface area contributed by atoms with Gasteiger partial charge in [0.25, 0.3) is 0 Å². The number of hydrogen-bond acceptors (Lipinski definition) is 5. The highest BCUT2D eigenvalue weighted by Gasteiger charge is 2.20. The molecule has 0 fully saturated rings. The standard InChI is InChI=1S/C13H15Cl2N5OS/c1-7(2)20-13(17-18-19-20)22-8(3)12(21)16-11-6-9(14)4-5-10(11)15/h4-8H,1-3H3,(H,16,21). The first-order chi connectivity index (χ1) is 10.4. The summed E-state index contributed by atoms with van der Waals surface area (Å²) in [6, 6.07) is 5.03. The van der Waals surface area contributed by atoms with E-state index < -0.39 is 5.25 Å². The van der Waals surface area contributed by atoms with Crippen LogP contribution < -0.4 is 5.32 Å². The SMILES string of the molecule is CC(Sc1nnnn1C(C)C)C(=O)Nc1cc(Cl)ccc1Cl. The highest BCUT2D eigenvalue weighted by atomic mass is 35.5. The van der Waals surface area contributed by atoms with E-state index in [1.54, 1.807) is 29.8 Å². The molecule has 0 saturated carbocycles. The number of halogens is 2. The van der Waals surface area contributed by atoms with Crippen LogP contribution in [0.1, 0.15) is 26.8 Å². The van der Waals surface area contributed by atoms with Crippen molar-refractivity contribution in [2.45, 2.75) is 37.2 Å². The summed E-state index contributed by atoms with van der Waals surface area (Å²) in [5.41, 5.74) is 0.482. The van der Waals surface area contributed by atoms with Crippen LogP contribution in [-0.4, -0.2) is 31.4 Å². The summed E-state index contributed by atoms with van der Waals surface area (Å²) in [5, 5.41) is 15.4. The first-order valence-corrected chi connectivity index (χ1v) is 8.22. The van der Waals surface area contributed by atoms with Gasteiger partial charge in [-0.3, -0.25) is 4.79 Å². The van der Waals surface area contributed by atoms with Crippen LogP contribution in [0.25, 0.3) is 0 Å². The lowest BCUT2D eigenvalue weighted by Gasteiger charge is -2.13. The molecule has 0 saturated heterocycles. The molecular formula is C13H15Cl2N5OS. The zero-order valence-corrected chi connectivity index (χ0v) is 14.6. The lowest BCUT2D eigenvalue weighted by molar-refractivity contribution is -0.115. The number of anilines is 1. The zero-order chi connectivity index (χ0) is 16.3. The van der Waals surface area contributed by atoms with Gasteiger partial charge in [0.2, 0.25) is 11.1 Å². The molecule has 1 heterocycles. The molecule has 0 aliphatic carbocycles. The molecule has 0 aliphatic rings. The van der Waals surface area contributed by atoms with Crippen LogP contribution in [0, 0.1) is 0 Å². The molecule has 2 rings (SSSR count). The van der Waals surface area contributed by atoms with E-state index in [9.17, 15) is 4.79 Å². The Morgan fingerprint density at radius 3 is 2.73 bits per heavy atom. The first-order valence-electron chi connectivity index (χ1n) is 6.59. The molecule has 9 heteroatoms. The molecule has 0 radical (unpaired) electrons. The molecule has 0 spiro atoms. The number of nitrogens with zero attached hydrogens (tertiary/aromatic N) is 4. The summed E-state index contributed by atoms with van der Waals surface area (Å²) < 4.78 is 1.67. The smallest absolute Gasteiger partial charge is 0.237 e. The normalized spacial score (nSPS) is 12.5. The van der Waals surface area contributed by atoms with Crippen molar-refractivity contribution in [3.05, 3.63) is 28.2 Å². The Balaban J connectivity index is 2.06. The fraction of sp³-hybridized carbons (Fsp3) is 0.385. The number of carbonyl (C=O) groups is 1. The summed E-state index contributed by atoms with van der Waals surface area (Å²) in [6.07, 6.45) is 0. The Labute approximate surface area is 142 Å². The van der Waals surface area contributed by atoms with Crippen molar-refractivity contribution in [3.63, 3.8) is 0 Å². The van der Waals surface area contributed by atoms with E-state index in [-0.39, 0.29) is 11.9 Å². The van der Waals surface area contributed by atoms with E-state index in [4.69, 9.17) is 23.2 Å². The second-order valence-corrected chi connectivity index (χ2v) is 7.02. The molecule has 1 aromatic heterocycles. The number of rotatable bonds is 5. The molecule has 1 aromatic carbocycles. The molecule has 1 unspecified atom stereocenters. The Kier molecular flexibility index (Phi) is 5.66. The number of thioether (sulfide) groups is 1. The van der Waals surface area contributed by atoms with Gasteiger partial charge in [0, 0.05) is 5.02 Å². The van der Waals surface area contributed by atoms with Gasteiger partial charge in [-0.2, -0.15) is 0 Å². The highest BCUT2D eigenvalue weighted by Crippen LogP contribution is 2.28. The molecule has 6 nitrogen and oxygen atoms in total. The van der Waals surface area contributed by atoms with Gasteiger partial charge in [0.15, 0.2) is 0 Å². The maximum Gasteiger partial charge on any atom is 0.237 e. The Hall–Kier alpha value is -1.31. The third-order valence-corrected chi connectivity index (χ3v) is 4.40. The molecule has 0 aliphatic heterocycles. The molecule has 1 amide bonds. The average molecular weight is 360 g/mol. The van der Waals surface area contributed by atoms with E-state index in [1.807, 2.05) is 13.8 Å². The van der Waals surface area contributed by atoms with Crippen molar-refractivity contribution in [2.24, 2.45) is 0 Å². The Bertz CT molecular complexity index is 676. The van der Waals surface area contributed by atoms with Gasteiger partial charge in [-0.25, -0.2) is 4.68 Å². The molecule has 22 heavy (non-hydrogen) atoms. The van der Waals surface area contributed by atoms with Crippen LogP contribution in [0.4, 0.5) is 5.69 Å². The number of aromatic nitrogens is 4. The average Bonchev–Trinajstić information content (AvgIpc) is 2.91. The van der Waals surface area contributed by atoms with Crippen LogP contribution in [-0.2, 0) is 4.79 Å². The number of carbonyl (C=O) groups excluding carboxylic acids is 1. The monoisotopic (exact) mass is 359 g/mol.